The second-order valence-electron chi connectivity index (χ2n) is 3.74. The van der Waals surface area contributed by atoms with Gasteiger partial charge in [-0.05, 0) is 19.3 Å². The summed E-state index contributed by atoms with van der Waals surface area (Å²) in [4.78, 5) is 11.2. The van der Waals surface area contributed by atoms with Crippen LogP contribution in [0.2, 0.25) is 0 Å². The maximum atomic E-state index is 11.2. The van der Waals surface area contributed by atoms with Crippen LogP contribution in [-0.4, -0.2) is 22.6 Å². The first-order valence-electron chi connectivity index (χ1n) is 5.30. The molecule has 0 unspecified atom stereocenters. The molecule has 0 aliphatic heterocycles. The number of unbranched alkanes of at least 4 members (excludes halogenated alkanes) is 3. The van der Waals surface area contributed by atoms with Gasteiger partial charge >= 0.3 is 0 Å². The molecular weight excluding hydrogens is 180 g/mol. The lowest BCUT2D eigenvalue weighted by molar-refractivity contribution is -0.115. The fourth-order valence-corrected chi connectivity index (χ4v) is 1.75. The molecule has 0 aromatic heterocycles. The van der Waals surface area contributed by atoms with Gasteiger partial charge in [0.05, 0.1) is 5.76 Å². The molecule has 0 spiro atoms. The summed E-state index contributed by atoms with van der Waals surface area (Å²) >= 11 is 0. The molecule has 14 heavy (non-hydrogen) atoms. The Kier molecular flexibility index (Phi) is 4.66. The largest absolute Gasteiger partial charge is 0.512 e. The molecular formula is C11H18O3. The van der Waals surface area contributed by atoms with E-state index in [1.54, 1.807) is 0 Å². The molecule has 3 heteroatoms. The molecule has 0 atom stereocenters. The standard InChI is InChI=1S/C11H18O3/c12-8-4-2-1-3-5-9-10(13)6-7-11(9)14/h12-13H,1-8H2. The van der Waals surface area contributed by atoms with E-state index in [2.05, 4.69) is 0 Å². The van der Waals surface area contributed by atoms with Crippen LogP contribution in [0.5, 0.6) is 0 Å². The number of aliphatic hydroxyl groups is 2. The van der Waals surface area contributed by atoms with E-state index in [0.717, 1.165) is 25.7 Å². The van der Waals surface area contributed by atoms with Crippen LogP contribution in [0.3, 0.4) is 0 Å². The second kappa shape index (κ2) is 5.81. The Hall–Kier alpha value is -0.830. The molecule has 0 amide bonds. The van der Waals surface area contributed by atoms with Crippen molar-refractivity contribution in [3.8, 4) is 0 Å². The van der Waals surface area contributed by atoms with Gasteiger partial charge in [0.2, 0.25) is 0 Å². The van der Waals surface area contributed by atoms with Gasteiger partial charge < -0.3 is 10.2 Å². The molecule has 1 aliphatic rings. The van der Waals surface area contributed by atoms with Crippen molar-refractivity contribution in [2.24, 2.45) is 0 Å². The third kappa shape index (κ3) is 3.14. The minimum Gasteiger partial charge on any atom is -0.512 e. The maximum Gasteiger partial charge on any atom is 0.162 e. The molecule has 80 valence electrons. The van der Waals surface area contributed by atoms with E-state index in [-0.39, 0.29) is 12.4 Å². The molecule has 0 saturated heterocycles. The average molecular weight is 198 g/mol. The molecule has 0 aromatic rings. The van der Waals surface area contributed by atoms with Gasteiger partial charge in [-0.3, -0.25) is 4.79 Å². The Morgan fingerprint density at radius 2 is 1.79 bits per heavy atom. The fraction of sp³-hybridized carbons (Fsp3) is 0.727. The van der Waals surface area contributed by atoms with Crippen molar-refractivity contribution in [1.82, 2.24) is 0 Å². The molecule has 2 N–H and O–H groups in total. The Labute approximate surface area is 84.4 Å². The predicted molar refractivity (Wildman–Crippen MR) is 54.1 cm³/mol. The van der Waals surface area contributed by atoms with Crippen molar-refractivity contribution in [3.05, 3.63) is 11.3 Å². The van der Waals surface area contributed by atoms with Gasteiger partial charge in [-0.15, -0.1) is 0 Å². The van der Waals surface area contributed by atoms with Crippen molar-refractivity contribution in [2.75, 3.05) is 6.61 Å². The molecule has 1 aliphatic carbocycles. The summed E-state index contributed by atoms with van der Waals surface area (Å²) in [6.07, 6.45) is 5.51. The molecule has 0 heterocycles. The van der Waals surface area contributed by atoms with Crippen LogP contribution in [-0.2, 0) is 4.79 Å². The first kappa shape index (κ1) is 11.2. The van der Waals surface area contributed by atoms with E-state index in [1.165, 1.54) is 0 Å². The van der Waals surface area contributed by atoms with Crippen molar-refractivity contribution >= 4 is 5.78 Å². The van der Waals surface area contributed by atoms with E-state index in [1.807, 2.05) is 0 Å². The molecule has 0 aromatic carbocycles. The van der Waals surface area contributed by atoms with Crippen LogP contribution in [0.25, 0.3) is 0 Å². The summed E-state index contributed by atoms with van der Waals surface area (Å²) in [7, 11) is 0. The minimum atomic E-state index is 0.115. The zero-order valence-corrected chi connectivity index (χ0v) is 8.46. The number of rotatable bonds is 6. The van der Waals surface area contributed by atoms with Crippen molar-refractivity contribution < 1.29 is 15.0 Å². The van der Waals surface area contributed by atoms with Crippen LogP contribution >= 0.6 is 0 Å². The highest BCUT2D eigenvalue weighted by Crippen LogP contribution is 2.25. The van der Waals surface area contributed by atoms with Crippen LogP contribution in [0.1, 0.15) is 44.9 Å². The van der Waals surface area contributed by atoms with Crippen LogP contribution in [0.15, 0.2) is 11.3 Å². The zero-order valence-electron chi connectivity index (χ0n) is 8.46. The van der Waals surface area contributed by atoms with E-state index in [4.69, 9.17) is 5.11 Å². The number of carbonyl (C=O) groups excluding carboxylic acids is 1. The summed E-state index contributed by atoms with van der Waals surface area (Å²) in [6, 6.07) is 0. The van der Waals surface area contributed by atoms with Crippen LogP contribution < -0.4 is 0 Å². The lowest BCUT2D eigenvalue weighted by Gasteiger charge is -2.01. The Bertz CT molecular complexity index is 231. The van der Waals surface area contributed by atoms with Crippen LogP contribution in [0.4, 0.5) is 0 Å². The van der Waals surface area contributed by atoms with Gasteiger partial charge in [0.25, 0.3) is 0 Å². The number of aliphatic hydroxyl groups excluding tert-OH is 2. The topological polar surface area (TPSA) is 57.5 Å². The van der Waals surface area contributed by atoms with E-state index >= 15 is 0 Å². The average Bonchev–Trinajstić information content (AvgIpc) is 2.48. The SMILES string of the molecule is O=C1CCC(O)=C1CCCCCCO. The number of ketones is 1. The van der Waals surface area contributed by atoms with Gasteiger partial charge in [0, 0.05) is 25.0 Å². The van der Waals surface area contributed by atoms with E-state index in [0.29, 0.717) is 30.6 Å². The third-order valence-corrected chi connectivity index (χ3v) is 2.61. The van der Waals surface area contributed by atoms with E-state index < -0.39 is 0 Å². The lowest BCUT2D eigenvalue weighted by Crippen LogP contribution is -1.96. The molecule has 0 saturated carbocycles. The van der Waals surface area contributed by atoms with Gasteiger partial charge in [-0.1, -0.05) is 12.8 Å². The number of carbonyl (C=O) groups is 1. The summed E-state index contributed by atoms with van der Waals surface area (Å²) in [5.41, 5.74) is 0.647. The van der Waals surface area contributed by atoms with Crippen molar-refractivity contribution in [3.63, 3.8) is 0 Å². The zero-order chi connectivity index (χ0) is 10.4. The molecule has 3 nitrogen and oxygen atoms in total. The highest BCUT2D eigenvalue weighted by atomic mass is 16.3. The molecule has 0 bridgehead atoms. The maximum absolute atomic E-state index is 11.2. The monoisotopic (exact) mass is 198 g/mol. The van der Waals surface area contributed by atoms with Gasteiger partial charge in [0.15, 0.2) is 5.78 Å². The van der Waals surface area contributed by atoms with Gasteiger partial charge in [0.1, 0.15) is 0 Å². The lowest BCUT2D eigenvalue weighted by atomic mass is 10.1. The van der Waals surface area contributed by atoms with Crippen LogP contribution in [0, 0.1) is 0 Å². The summed E-state index contributed by atoms with van der Waals surface area (Å²) in [5.74, 6) is 0.418. The second-order valence-corrected chi connectivity index (χ2v) is 3.74. The molecule has 1 rings (SSSR count). The summed E-state index contributed by atoms with van der Waals surface area (Å²) in [5, 5.41) is 17.9. The summed E-state index contributed by atoms with van der Waals surface area (Å²) in [6.45, 7) is 0.243. The molecule has 0 radical (unpaired) electrons. The van der Waals surface area contributed by atoms with Gasteiger partial charge in [-0.25, -0.2) is 0 Å². The minimum absolute atomic E-state index is 0.115. The quantitative estimate of drug-likeness (QED) is 0.642. The Morgan fingerprint density at radius 1 is 1.07 bits per heavy atom. The van der Waals surface area contributed by atoms with E-state index in [9.17, 15) is 9.90 Å². The predicted octanol–water partition coefficient (Wildman–Crippen LogP) is 2.10. The molecule has 0 fully saturated rings. The number of hydrogen-bond acceptors (Lipinski definition) is 3. The number of allylic oxidation sites excluding steroid dienone is 2. The van der Waals surface area contributed by atoms with Crippen molar-refractivity contribution in [1.29, 1.82) is 0 Å². The number of Topliss-reactive ketones (excluding diaryl/α,β-unsaturated/α-hetero) is 1. The normalized spacial score (nSPS) is 16.8. The summed E-state index contributed by atoms with van der Waals surface area (Å²) < 4.78 is 0. The highest BCUT2D eigenvalue weighted by Gasteiger charge is 2.21. The third-order valence-electron chi connectivity index (χ3n) is 2.61. The Morgan fingerprint density at radius 3 is 2.36 bits per heavy atom. The fourth-order valence-electron chi connectivity index (χ4n) is 1.75. The van der Waals surface area contributed by atoms with Crippen molar-refractivity contribution in [2.45, 2.75) is 44.9 Å². The number of hydrogen-bond donors (Lipinski definition) is 2. The highest BCUT2D eigenvalue weighted by molar-refractivity contribution is 5.98. The smallest absolute Gasteiger partial charge is 0.162 e. The first-order chi connectivity index (χ1) is 6.75. The Balaban J connectivity index is 2.18. The first-order valence-corrected chi connectivity index (χ1v) is 5.30. The van der Waals surface area contributed by atoms with Gasteiger partial charge in [-0.2, -0.15) is 0 Å².